The van der Waals surface area contributed by atoms with Crippen LogP contribution >= 0.6 is 0 Å². The molecule has 0 spiro atoms. The molecule has 0 aromatic rings. The number of aliphatic hydroxyl groups excluding tert-OH is 2. The molecule has 15 heavy (non-hydrogen) atoms. The normalized spacial score (nSPS) is 17.4. The molecule has 3 atom stereocenters. The van der Waals surface area contributed by atoms with E-state index in [1.54, 1.807) is 0 Å². The van der Waals surface area contributed by atoms with E-state index in [0.717, 1.165) is 19.4 Å². The fourth-order valence-corrected chi connectivity index (χ4v) is 1.07. The number of hydrogen-bond donors (Lipinski definition) is 4. The summed E-state index contributed by atoms with van der Waals surface area (Å²) in [5.41, 5.74) is 0. The Hall–Kier alpha value is -0.200. The van der Waals surface area contributed by atoms with Crippen molar-refractivity contribution in [2.45, 2.75) is 39.3 Å². The van der Waals surface area contributed by atoms with Gasteiger partial charge in [0.25, 0.3) is 0 Å². The first-order chi connectivity index (χ1) is 7.10. The molecule has 0 rings (SSSR count). The minimum Gasteiger partial charge on any atom is -0.377 e. The lowest BCUT2D eigenvalue weighted by Crippen LogP contribution is -2.43. The maximum Gasteiger partial charge on any atom is 0.213 e. The molecular formula is C10H24N2O3. The molecule has 0 aliphatic carbocycles. The first kappa shape index (κ1) is 14.8. The Morgan fingerprint density at radius 1 is 1.27 bits per heavy atom. The van der Waals surface area contributed by atoms with Gasteiger partial charge in [0.15, 0.2) is 0 Å². The molecule has 0 bridgehead atoms. The molecule has 2 unspecified atom stereocenters. The highest BCUT2D eigenvalue weighted by Gasteiger charge is 2.06. The van der Waals surface area contributed by atoms with E-state index >= 15 is 0 Å². The summed E-state index contributed by atoms with van der Waals surface area (Å²) in [6.07, 6.45) is 0.522. The van der Waals surface area contributed by atoms with Gasteiger partial charge < -0.3 is 14.9 Å². The second-order valence-corrected chi connectivity index (χ2v) is 3.77. The summed E-state index contributed by atoms with van der Waals surface area (Å²) in [6.45, 7) is 5.37. The smallest absolute Gasteiger partial charge is 0.213 e. The van der Waals surface area contributed by atoms with E-state index < -0.39 is 12.6 Å². The highest BCUT2D eigenvalue weighted by molar-refractivity contribution is 4.59. The summed E-state index contributed by atoms with van der Waals surface area (Å²) in [7, 11) is 1.39. The molecule has 0 aromatic heterocycles. The van der Waals surface area contributed by atoms with Crippen LogP contribution in [0.5, 0.6) is 0 Å². The zero-order valence-electron chi connectivity index (χ0n) is 9.86. The van der Waals surface area contributed by atoms with Crippen LogP contribution in [0, 0.1) is 5.92 Å². The van der Waals surface area contributed by atoms with Crippen LogP contribution in [0.4, 0.5) is 0 Å². The maximum atomic E-state index is 9.44. The minimum atomic E-state index is -1.02. The lowest BCUT2D eigenvalue weighted by molar-refractivity contribution is -0.102. The summed E-state index contributed by atoms with van der Waals surface area (Å²) in [4.78, 5) is 0. The Morgan fingerprint density at radius 2 is 1.93 bits per heavy atom. The Kier molecular flexibility index (Phi) is 8.94. The van der Waals surface area contributed by atoms with Gasteiger partial charge in [0.05, 0.1) is 0 Å². The average Bonchev–Trinajstić information content (AvgIpc) is 2.25. The summed E-state index contributed by atoms with van der Waals surface area (Å²) in [5, 5.41) is 24.0. The minimum absolute atomic E-state index is 0.259. The van der Waals surface area contributed by atoms with Gasteiger partial charge in [-0.25, -0.2) is 0 Å². The molecule has 0 fully saturated rings. The third-order valence-electron chi connectivity index (χ3n) is 2.42. The zero-order chi connectivity index (χ0) is 11.7. The fraction of sp³-hybridized carbons (Fsp3) is 1.00. The van der Waals surface area contributed by atoms with Gasteiger partial charge in [-0.3, -0.25) is 10.6 Å². The summed E-state index contributed by atoms with van der Waals surface area (Å²) < 4.78 is 4.57. The molecule has 92 valence electrons. The van der Waals surface area contributed by atoms with Crippen LogP contribution in [0.15, 0.2) is 0 Å². The fourth-order valence-electron chi connectivity index (χ4n) is 1.07. The SMILES string of the molecule is CC[C@H](C)CCNC(O)CNC(O)OC. The Labute approximate surface area is 91.8 Å². The summed E-state index contributed by atoms with van der Waals surface area (Å²) >= 11 is 0. The molecule has 0 saturated heterocycles. The summed E-state index contributed by atoms with van der Waals surface area (Å²) in [6, 6.07) is 0. The number of aliphatic hydroxyl groups is 2. The number of methoxy groups -OCH3 is 1. The van der Waals surface area contributed by atoms with Crippen molar-refractivity contribution in [2.75, 3.05) is 20.2 Å². The van der Waals surface area contributed by atoms with E-state index in [0.29, 0.717) is 5.92 Å². The molecule has 0 aliphatic rings. The number of rotatable bonds is 9. The molecule has 0 aliphatic heterocycles. The van der Waals surface area contributed by atoms with Crippen LogP contribution in [0.25, 0.3) is 0 Å². The highest BCUT2D eigenvalue weighted by Crippen LogP contribution is 2.04. The predicted molar refractivity (Wildman–Crippen MR) is 59.1 cm³/mol. The number of hydrogen-bond acceptors (Lipinski definition) is 5. The first-order valence-corrected chi connectivity index (χ1v) is 5.45. The van der Waals surface area contributed by atoms with Crippen LogP contribution in [-0.4, -0.2) is 43.1 Å². The molecule has 0 saturated carbocycles. The molecule has 5 nitrogen and oxygen atoms in total. The van der Waals surface area contributed by atoms with Gasteiger partial charge in [0.1, 0.15) is 6.23 Å². The van der Waals surface area contributed by atoms with Crippen molar-refractivity contribution < 1.29 is 14.9 Å². The van der Waals surface area contributed by atoms with Crippen molar-refractivity contribution in [3.8, 4) is 0 Å². The van der Waals surface area contributed by atoms with Gasteiger partial charge in [-0.05, 0) is 18.9 Å². The molecule has 0 heterocycles. The van der Waals surface area contributed by atoms with Gasteiger partial charge >= 0.3 is 0 Å². The van der Waals surface area contributed by atoms with Crippen molar-refractivity contribution in [1.82, 2.24) is 10.6 Å². The Balaban J connectivity index is 3.37. The van der Waals surface area contributed by atoms with E-state index in [4.69, 9.17) is 5.11 Å². The largest absolute Gasteiger partial charge is 0.377 e. The van der Waals surface area contributed by atoms with Gasteiger partial charge in [-0.15, -0.1) is 0 Å². The van der Waals surface area contributed by atoms with E-state index in [-0.39, 0.29) is 6.54 Å². The van der Waals surface area contributed by atoms with Crippen LogP contribution < -0.4 is 10.6 Å². The second-order valence-electron chi connectivity index (χ2n) is 3.77. The standard InChI is InChI=1S/C10H24N2O3/c1-4-8(2)5-6-11-9(13)7-12-10(14)15-3/h8-14H,4-7H2,1-3H3/t8-,9?,10?/m0/s1. The molecule has 0 aromatic carbocycles. The van der Waals surface area contributed by atoms with Crippen LogP contribution in [0.2, 0.25) is 0 Å². The van der Waals surface area contributed by atoms with Crippen molar-refractivity contribution in [1.29, 1.82) is 0 Å². The Morgan fingerprint density at radius 3 is 2.47 bits per heavy atom. The highest BCUT2D eigenvalue weighted by atomic mass is 16.6. The van der Waals surface area contributed by atoms with Gasteiger partial charge in [-0.2, -0.15) is 0 Å². The number of nitrogens with one attached hydrogen (secondary N) is 2. The average molecular weight is 220 g/mol. The maximum absolute atomic E-state index is 9.44. The van der Waals surface area contributed by atoms with E-state index in [1.807, 2.05) is 0 Å². The van der Waals surface area contributed by atoms with Crippen LogP contribution in [0.1, 0.15) is 26.7 Å². The second kappa shape index (κ2) is 9.06. The number of ether oxygens (including phenoxy) is 1. The van der Waals surface area contributed by atoms with Gasteiger partial charge in [0, 0.05) is 13.7 Å². The van der Waals surface area contributed by atoms with E-state index in [2.05, 4.69) is 29.2 Å². The summed E-state index contributed by atoms with van der Waals surface area (Å²) in [5.74, 6) is 0.669. The van der Waals surface area contributed by atoms with Crippen LogP contribution in [-0.2, 0) is 4.74 Å². The lowest BCUT2D eigenvalue weighted by atomic mass is 10.1. The van der Waals surface area contributed by atoms with Crippen molar-refractivity contribution in [3.05, 3.63) is 0 Å². The van der Waals surface area contributed by atoms with Crippen molar-refractivity contribution in [3.63, 3.8) is 0 Å². The van der Waals surface area contributed by atoms with E-state index in [1.165, 1.54) is 7.11 Å². The molecule has 4 N–H and O–H groups in total. The monoisotopic (exact) mass is 220 g/mol. The third-order valence-corrected chi connectivity index (χ3v) is 2.42. The molecule has 0 radical (unpaired) electrons. The topological polar surface area (TPSA) is 73.8 Å². The van der Waals surface area contributed by atoms with Crippen molar-refractivity contribution in [2.24, 2.45) is 5.92 Å². The molecule has 5 heteroatoms. The first-order valence-electron chi connectivity index (χ1n) is 5.45. The molecule has 0 amide bonds. The van der Waals surface area contributed by atoms with Gasteiger partial charge in [-0.1, -0.05) is 20.3 Å². The lowest BCUT2D eigenvalue weighted by Gasteiger charge is -2.17. The molecular weight excluding hydrogens is 196 g/mol. The third kappa shape index (κ3) is 8.77. The van der Waals surface area contributed by atoms with E-state index in [9.17, 15) is 5.11 Å². The van der Waals surface area contributed by atoms with Crippen molar-refractivity contribution >= 4 is 0 Å². The van der Waals surface area contributed by atoms with Gasteiger partial charge in [0.2, 0.25) is 6.41 Å². The Bertz CT molecular complexity index is 147. The quantitative estimate of drug-likeness (QED) is 0.406. The van der Waals surface area contributed by atoms with Crippen LogP contribution in [0.3, 0.4) is 0 Å². The zero-order valence-corrected chi connectivity index (χ0v) is 9.86. The predicted octanol–water partition coefficient (Wildman–Crippen LogP) is -0.157.